The number of hydrogen-bond donors (Lipinski definition) is 1. The molecule has 1 heteroatoms. The molecule has 0 spiro atoms. The van der Waals surface area contributed by atoms with Crippen molar-refractivity contribution in [2.45, 2.75) is 45.4 Å². The van der Waals surface area contributed by atoms with Crippen molar-refractivity contribution in [1.82, 2.24) is 0 Å². The van der Waals surface area contributed by atoms with E-state index < -0.39 is 0 Å². The molecule has 1 aliphatic carbocycles. The van der Waals surface area contributed by atoms with Gasteiger partial charge in [0.25, 0.3) is 0 Å². The molecule has 1 aromatic carbocycles. The predicted molar refractivity (Wildman–Crippen MR) is 66.0 cm³/mol. The molecular formula is C14H21N. The fraction of sp³-hybridized carbons (Fsp3) is 0.571. The summed E-state index contributed by atoms with van der Waals surface area (Å²) in [6.07, 6.45) is 5.43. The maximum absolute atomic E-state index is 6.11. The number of nitrogen functional groups attached to an aromatic ring is 1. The van der Waals surface area contributed by atoms with Crippen molar-refractivity contribution in [2.75, 3.05) is 5.73 Å². The smallest absolute Gasteiger partial charge is 0.0352 e. The number of aryl methyl sites for hydroxylation is 1. The molecule has 2 rings (SSSR count). The lowest BCUT2D eigenvalue weighted by atomic mass is 9.76. The predicted octanol–water partition coefficient (Wildman–Crippen LogP) is 3.87. The van der Waals surface area contributed by atoms with Crippen molar-refractivity contribution < 1.29 is 0 Å². The summed E-state index contributed by atoms with van der Waals surface area (Å²) in [5.41, 5.74) is 9.75. The lowest BCUT2D eigenvalue weighted by molar-refractivity contribution is 0.331. The maximum atomic E-state index is 6.11. The summed E-state index contributed by atoms with van der Waals surface area (Å²) < 4.78 is 0. The highest BCUT2D eigenvalue weighted by Crippen LogP contribution is 2.39. The van der Waals surface area contributed by atoms with Crippen LogP contribution in [0.1, 0.15) is 49.7 Å². The lowest BCUT2D eigenvalue weighted by Crippen LogP contribution is -2.16. The second-order valence-electron chi connectivity index (χ2n) is 5.00. The highest BCUT2D eigenvalue weighted by atomic mass is 14.6. The molecule has 0 aromatic heterocycles. The Balaban J connectivity index is 2.27. The Bertz CT molecular complexity index is 343. The van der Waals surface area contributed by atoms with Crippen LogP contribution in [0.2, 0.25) is 0 Å². The normalized spacial score (nSPS) is 26.5. The first-order chi connectivity index (χ1) is 7.18. The van der Waals surface area contributed by atoms with Crippen molar-refractivity contribution in [3.63, 3.8) is 0 Å². The van der Waals surface area contributed by atoms with Gasteiger partial charge in [-0.2, -0.15) is 0 Å². The number of nitrogens with two attached hydrogens (primary N) is 1. The molecule has 1 fully saturated rings. The maximum Gasteiger partial charge on any atom is 0.0352 e. The van der Waals surface area contributed by atoms with Crippen molar-refractivity contribution in [3.05, 3.63) is 29.3 Å². The topological polar surface area (TPSA) is 26.0 Å². The zero-order chi connectivity index (χ0) is 10.8. The van der Waals surface area contributed by atoms with E-state index in [9.17, 15) is 0 Å². The summed E-state index contributed by atoms with van der Waals surface area (Å²) in [6, 6.07) is 6.53. The first-order valence-corrected chi connectivity index (χ1v) is 6.04. The Morgan fingerprint density at radius 1 is 1.20 bits per heavy atom. The van der Waals surface area contributed by atoms with Crippen LogP contribution < -0.4 is 5.73 Å². The third-order valence-corrected chi connectivity index (χ3v) is 3.75. The average Bonchev–Trinajstić information content (AvgIpc) is 2.20. The number of benzene rings is 1. The molecule has 0 unspecified atom stereocenters. The summed E-state index contributed by atoms with van der Waals surface area (Å²) in [4.78, 5) is 0. The Morgan fingerprint density at radius 3 is 2.60 bits per heavy atom. The summed E-state index contributed by atoms with van der Waals surface area (Å²) >= 11 is 0. The Kier molecular flexibility index (Phi) is 2.99. The molecule has 1 aliphatic rings. The Morgan fingerprint density at radius 2 is 1.93 bits per heavy atom. The van der Waals surface area contributed by atoms with E-state index >= 15 is 0 Å². The van der Waals surface area contributed by atoms with Gasteiger partial charge in [-0.1, -0.05) is 38.3 Å². The van der Waals surface area contributed by atoms with Crippen LogP contribution in [-0.2, 0) is 0 Å². The fourth-order valence-corrected chi connectivity index (χ4v) is 2.81. The van der Waals surface area contributed by atoms with Crippen molar-refractivity contribution in [2.24, 2.45) is 5.92 Å². The van der Waals surface area contributed by atoms with Gasteiger partial charge in [0.1, 0.15) is 0 Å². The molecule has 0 radical (unpaired) electrons. The van der Waals surface area contributed by atoms with Gasteiger partial charge >= 0.3 is 0 Å². The average molecular weight is 203 g/mol. The molecule has 0 heterocycles. The molecule has 15 heavy (non-hydrogen) atoms. The highest BCUT2D eigenvalue weighted by molar-refractivity contribution is 5.51. The molecule has 2 N–H and O–H groups in total. The van der Waals surface area contributed by atoms with Gasteiger partial charge in [0.15, 0.2) is 0 Å². The molecule has 1 nitrogen and oxygen atoms in total. The third kappa shape index (κ3) is 2.17. The molecule has 1 saturated carbocycles. The van der Waals surface area contributed by atoms with Gasteiger partial charge in [0, 0.05) is 5.69 Å². The van der Waals surface area contributed by atoms with Gasteiger partial charge in [0.2, 0.25) is 0 Å². The van der Waals surface area contributed by atoms with E-state index in [-0.39, 0.29) is 0 Å². The van der Waals surface area contributed by atoms with E-state index in [2.05, 4.69) is 32.0 Å². The van der Waals surface area contributed by atoms with Crippen LogP contribution in [0.3, 0.4) is 0 Å². The number of rotatable bonds is 1. The molecule has 0 bridgehead atoms. The van der Waals surface area contributed by atoms with Crippen LogP contribution >= 0.6 is 0 Å². The van der Waals surface area contributed by atoms with Crippen LogP contribution in [0.5, 0.6) is 0 Å². The monoisotopic (exact) mass is 203 g/mol. The number of anilines is 1. The molecule has 0 saturated heterocycles. The van der Waals surface area contributed by atoms with E-state index in [1.807, 2.05) is 0 Å². The van der Waals surface area contributed by atoms with E-state index in [0.717, 1.165) is 11.6 Å². The minimum absolute atomic E-state index is 0.694. The van der Waals surface area contributed by atoms with Crippen LogP contribution in [0, 0.1) is 12.8 Å². The third-order valence-electron chi connectivity index (χ3n) is 3.75. The van der Waals surface area contributed by atoms with Crippen molar-refractivity contribution >= 4 is 5.69 Å². The van der Waals surface area contributed by atoms with Crippen molar-refractivity contribution in [1.29, 1.82) is 0 Å². The highest BCUT2D eigenvalue weighted by Gasteiger charge is 2.24. The summed E-state index contributed by atoms with van der Waals surface area (Å²) in [5.74, 6) is 1.49. The Labute approximate surface area is 92.7 Å². The zero-order valence-electron chi connectivity index (χ0n) is 9.79. The minimum atomic E-state index is 0.694. The molecule has 2 atom stereocenters. The largest absolute Gasteiger partial charge is 0.398 e. The second-order valence-corrected chi connectivity index (χ2v) is 5.00. The standard InChI is InChI=1S/C14H21N/c1-10-7-8-13(14(15)9-10)12-6-4-3-5-11(12)2/h7-9,11-12H,3-6,15H2,1-2H3/t11-,12+/m1/s1. The van der Waals surface area contributed by atoms with Crippen LogP contribution in [0.15, 0.2) is 18.2 Å². The van der Waals surface area contributed by atoms with E-state index in [4.69, 9.17) is 5.73 Å². The SMILES string of the molecule is Cc1ccc([C@H]2CCCC[C@H]2C)c(N)c1. The van der Waals surface area contributed by atoms with Gasteiger partial charge in [-0.15, -0.1) is 0 Å². The van der Waals surface area contributed by atoms with Gasteiger partial charge in [-0.3, -0.25) is 0 Å². The second kappa shape index (κ2) is 4.26. The minimum Gasteiger partial charge on any atom is -0.398 e. The van der Waals surface area contributed by atoms with E-state index in [1.165, 1.54) is 36.8 Å². The summed E-state index contributed by atoms with van der Waals surface area (Å²) in [7, 11) is 0. The lowest BCUT2D eigenvalue weighted by Gasteiger charge is -2.30. The van der Waals surface area contributed by atoms with Crippen LogP contribution in [0.4, 0.5) is 5.69 Å². The van der Waals surface area contributed by atoms with Gasteiger partial charge in [-0.05, 0) is 42.4 Å². The zero-order valence-corrected chi connectivity index (χ0v) is 9.79. The summed E-state index contributed by atoms with van der Waals surface area (Å²) in [5, 5.41) is 0. The van der Waals surface area contributed by atoms with Crippen LogP contribution in [0.25, 0.3) is 0 Å². The first kappa shape index (κ1) is 10.5. The van der Waals surface area contributed by atoms with Crippen LogP contribution in [-0.4, -0.2) is 0 Å². The molecule has 0 aliphatic heterocycles. The molecule has 1 aromatic rings. The Hall–Kier alpha value is -0.980. The molecule has 82 valence electrons. The van der Waals surface area contributed by atoms with Gasteiger partial charge in [-0.25, -0.2) is 0 Å². The quantitative estimate of drug-likeness (QED) is 0.689. The summed E-state index contributed by atoms with van der Waals surface area (Å²) in [6.45, 7) is 4.47. The number of hydrogen-bond acceptors (Lipinski definition) is 1. The van der Waals surface area contributed by atoms with Gasteiger partial charge < -0.3 is 5.73 Å². The van der Waals surface area contributed by atoms with E-state index in [0.29, 0.717) is 5.92 Å². The van der Waals surface area contributed by atoms with E-state index in [1.54, 1.807) is 0 Å². The fourth-order valence-electron chi connectivity index (χ4n) is 2.81. The van der Waals surface area contributed by atoms with Crippen molar-refractivity contribution in [3.8, 4) is 0 Å². The molecular weight excluding hydrogens is 182 g/mol. The van der Waals surface area contributed by atoms with Gasteiger partial charge in [0.05, 0.1) is 0 Å². The first-order valence-electron chi connectivity index (χ1n) is 6.04. The molecule has 0 amide bonds.